The molecule has 4 aromatic carbocycles. The van der Waals surface area contributed by atoms with Gasteiger partial charge < -0.3 is 34.5 Å². The number of ether oxygens (including phenoxy) is 4. The smallest absolute Gasteiger partial charge is 0.340 e. The summed E-state index contributed by atoms with van der Waals surface area (Å²) in [6.07, 6.45) is 10.3. The number of ketones is 2. The van der Waals surface area contributed by atoms with Crippen molar-refractivity contribution in [3.63, 3.8) is 0 Å². The van der Waals surface area contributed by atoms with E-state index in [1.165, 1.54) is 64.3 Å². The number of rotatable bonds is 18. The van der Waals surface area contributed by atoms with Crippen LogP contribution in [0.4, 0.5) is 4.79 Å². The van der Waals surface area contributed by atoms with Crippen molar-refractivity contribution in [3.8, 4) is 5.75 Å². The maximum absolute atomic E-state index is 11.6. The Morgan fingerprint density at radius 1 is 0.606 bits per heavy atom. The summed E-state index contributed by atoms with van der Waals surface area (Å²) >= 11 is 4.78. The molecule has 0 aliphatic carbocycles. The van der Waals surface area contributed by atoms with Gasteiger partial charge in [0.1, 0.15) is 16.4 Å². The monoisotopic (exact) mass is 1500 g/mol. The van der Waals surface area contributed by atoms with Gasteiger partial charge in [0.15, 0.2) is 37.3 Å². The number of thioether (sulfide) groups is 3. The number of nitrogens with zero attached hydrogens (tertiary/aromatic N) is 4. The molecule has 23 heteroatoms. The first kappa shape index (κ1) is 124. The maximum Gasteiger partial charge on any atom is 0.340 e. The minimum Gasteiger partial charge on any atom is -0.425 e. The number of methoxy groups -OCH3 is 3. The number of benzene rings is 4. The standard InChI is InChI=1S/C10H12O3.C10H12O2.C10H12OS.C8H14N2O.C8H10O2S.C6H12N2O.C5H12.C4H10O2S2.C3H8O.C3H8S.CH5N.8CH4/c1-8(12-2)10(11)13-9-6-4-3-5-7-9;2*1-8(12-2)10(11)9-6-4-3-5-7-9;1-5-10-7(3)6(2)9(4)8(10)11;1-2-11(9,10)8-6-4-3-5-7-8;1-5-6(9)8(3)4-7(5)2;1-3-5-4-2;1-4(7-2)8(3,5)6;2*1-3-4-2;1-2;;;;;;;;/h3-8H,1-2H3;2*3-8H,1-2H3;6H,3,5H2,1-2,4H3;3-7H,2H2,1H3;5H,4H2,1-3H3;3-5H2,1-2H3;4H,1-3H3;2*3H2,1-2H3;2H2,1H3;8*1H4. The van der Waals surface area contributed by atoms with Gasteiger partial charge in [0, 0.05) is 71.7 Å². The number of sulfone groups is 2. The molecule has 6 atom stereocenters. The molecule has 0 spiro atoms. The molecule has 6 unspecified atom stereocenters. The largest absolute Gasteiger partial charge is 0.425 e. The third-order valence-electron chi connectivity index (χ3n) is 13.0. The highest BCUT2D eigenvalue weighted by molar-refractivity contribution is 8.12. The van der Waals surface area contributed by atoms with E-state index in [0.29, 0.717) is 22.8 Å². The Hall–Kier alpha value is -5.08. The highest BCUT2D eigenvalue weighted by atomic mass is 32.3. The van der Waals surface area contributed by atoms with Crippen LogP contribution >= 0.6 is 35.3 Å². The van der Waals surface area contributed by atoms with Crippen molar-refractivity contribution in [2.45, 2.75) is 201 Å². The highest BCUT2D eigenvalue weighted by Gasteiger charge is 2.34. The number of hydrogen-bond acceptors (Lipinski definition) is 18. The molecule has 99 heavy (non-hydrogen) atoms. The van der Waals surface area contributed by atoms with Gasteiger partial charge in [-0.2, -0.15) is 23.5 Å². The van der Waals surface area contributed by atoms with E-state index < -0.39 is 25.8 Å². The van der Waals surface area contributed by atoms with Crippen LogP contribution in [0.1, 0.15) is 182 Å². The summed E-state index contributed by atoms with van der Waals surface area (Å²) < 4.78 is 62.5. The molecule has 0 saturated carbocycles. The van der Waals surface area contributed by atoms with Crippen LogP contribution in [-0.4, -0.2) is 206 Å². The molecule has 4 aromatic rings. The zero-order valence-corrected chi connectivity index (χ0v) is 63.2. The summed E-state index contributed by atoms with van der Waals surface area (Å²) in [4.78, 5) is 64.1. The molecule has 584 valence electrons. The second-order valence-corrected chi connectivity index (χ2v) is 28.1. The normalized spacial score (nSPS) is 13.8. The minimum absolute atomic E-state index is 0. The fraction of sp³-hybridized carbons (Fsp3) is 0.592. The molecule has 2 saturated heterocycles. The van der Waals surface area contributed by atoms with E-state index >= 15 is 0 Å². The van der Waals surface area contributed by atoms with Gasteiger partial charge in [0.25, 0.3) is 0 Å². The van der Waals surface area contributed by atoms with Gasteiger partial charge >= 0.3 is 12.0 Å². The molecule has 2 N–H and O–H groups in total. The quantitative estimate of drug-likeness (QED) is 0.0554. The summed E-state index contributed by atoms with van der Waals surface area (Å²) in [5.74, 6) is 2.01. The number of esters is 1. The van der Waals surface area contributed by atoms with E-state index in [1.54, 1.807) is 141 Å². The summed E-state index contributed by atoms with van der Waals surface area (Å²) in [7, 11) is 5.97. The van der Waals surface area contributed by atoms with Crippen LogP contribution in [0, 0.1) is 0 Å². The Bertz CT molecular complexity index is 2640. The number of amides is 3. The van der Waals surface area contributed by atoms with Gasteiger partial charge in [-0.3, -0.25) is 24.2 Å². The first-order valence-corrected chi connectivity index (χ1v) is 37.7. The van der Waals surface area contributed by atoms with Crippen LogP contribution in [0.2, 0.25) is 0 Å². The first-order valence-electron chi connectivity index (χ1n) is 30.1. The fourth-order valence-corrected chi connectivity index (χ4v) is 8.95. The molecule has 3 amide bonds. The Kier molecular flexibility index (Phi) is 94.5. The summed E-state index contributed by atoms with van der Waals surface area (Å²) in [6.45, 7) is 29.2. The van der Waals surface area contributed by atoms with Crippen molar-refractivity contribution in [1.82, 2.24) is 19.6 Å². The van der Waals surface area contributed by atoms with Gasteiger partial charge in [-0.15, -0.1) is 11.8 Å². The summed E-state index contributed by atoms with van der Waals surface area (Å²) in [5.41, 5.74) is 6.91. The number of para-hydroxylation sites is 1. The van der Waals surface area contributed by atoms with E-state index in [9.17, 15) is 40.8 Å². The lowest BCUT2D eigenvalue weighted by molar-refractivity contribution is -0.144. The number of unbranched alkanes of at least 4 members (excludes halogenated alkanes) is 2. The number of carbonyl (C=O) groups excluding carboxylic acids is 5. The first-order chi connectivity index (χ1) is 42.8. The molecule has 2 aliphatic rings. The van der Waals surface area contributed by atoms with Crippen LogP contribution in [0.15, 0.2) is 138 Å². The lowest BCUT2D eigenvalue weighted by Gasteiger charge is -2.12. The van der Waals surface area contributed by atoms with E-state index in [-0.39, 0.29) is 123 Å². The molecule has 6 rings (SSSR count). The van der Waals surface area contributed by atoms with Crippen LogP contribution in [-0.2, 0) is 43.5 Å². The van der Waals surface area contributed by atoms with E-state index in [2.05, 4.69) is 44.1 Å². The van der Waals surface area contributed by atoms with Crippen molar-refractivity contribution < 1.29 is 59.8 Å². The fourth-order valence-electron chi connectivity index (χ4n) is 6.30. The number of carbonyl (C=O) groups is 5. The second kappa shape index (κ2) is 75.6. The lowest BCUT2D eigenvalue weighted by Crippen LogP contribution is -2.29. The Morgan fingerprint density at radius 3 is 1.20 bits per heavy atom. The van der Waals surface area contributed by atoms with Crippen molar-refractivity contribution in [1.29, 1.82) is 0 Å². The summed E-state index contributed by atoms with van der Waals surface area (Å²) in [5, 5.41) is 0.0624. The van der Waals surface area contributed by atoms with Crippen LogP contribution in [0.3, 0.4) is 0 Å². The number of urea groups is 1. The van der Waals surface area contributed by atoms with Crippen molar-refractivity contribution in [2.24, 2.45) is 5.73 Å². The maximum atomic E-state index is 11.6. The Balaban J connectivity index is -0.0000000758. The topological polar surface area (TPSA) is 230 Å². The third-order valence-corrected chi connectivity index (χ3v) is 19.7. The van der Waals surface area contributed by atoms with E-state index in [1.807, 2.05) is 126 Å². The van der Waals surface area contributed by atoms with Crippen LogP contribution in [0.5, 0.6) is 5.75 Å². The van der Waals surface area contributed by atoms with Crippen LogP contribution < -0.4 is 10.5 Å². The average molecular weight is 1500 g/mol. The Labute approximate surface area is 622 Å². The molecule has 18 nitrogen and oxygen atoms in total. The number of Topliss-reactive ketones (excluding diaryl/α,β-unsaturated/α-hetero) is 2. The number of nitrogens with two attached hydrogens (primary N) is 1. The molecule has 2 fully saturated rings. The molecule has 0 radical (unpaired) electrons. The van der Waals surface area contributed by atoms with Crippen molar-refractivity contribution >= 4 is 84.4 Å². The van der Waals surface area contributed by atoms with Crippen LogP contribution in [0.25, 0.3) is 0 Å². The predicted octanol–water partition coefficient (Wildman–Crippen LogP) is 18.3. The average Bonchev–Trinajstić information content (AvgIpc) is 1.69. The van der Waals surface area contributed by atoms with Gasteiger partial charge in [-0.05, 0) is 118 Å². The highest BCUT2D eigenvalue weighted by Crippen LogP contribution is 2.22. The minimum atomic E-state index is -3.00. The van der Waals surface area contributed by atoms with E-state index in [4.69, 9.17) is 14.2 Å². The molecule has 2 heterocycles. The van der Waals surface area contributed by atoms with Gasteiger partial charge in [-0.1, -0.05) is 210 Å². The molecular formula is C76H147N5O13S5. The predicted molar refractivity (Wildman–Crippen MR) is 441 cm³/mol. The molecule has 0 bridgehead atoms. The summed E-state index contributed by atoms with van der Waals surface area (Å²) in [6, 6.07) is 36.2. The van der Waals surface area contributed by atoms with Crippen molar-refractivity contribution in [3.05, 3.63) is 145 Å². The molecular weight excluding hydrogens is 1350 g/mol. The van der Waals surface area contributed by atoms with E-state index in [0.717, 1.165) is 24.5 Å². The SMILES string of the molecule is C.C.C.C.C.C.C.C.C=C1C(C)N(C)C(=O)N1CC.CC1C(=O)N(C)CN1C.CCCCC.CCOC.CCS(=O)(=O)c1ccccc1.CCSC.CN.COC(C)C(=O)Oc1ccccc1.COC(C)C(=O)c1ccccc1.CSC(C)C(=O)c1ccccc1.CSC(C)S(C)(=O)=O. The lowest BCUT2D eigenvalue weighted by atomic mass is 10.1. The molecule has 2 aliphatic heterocycles. The number of hydrogen-bond donors (Lipinski definition) is 1. The van der Waals surface area contributed by atoms with Gasteiger partial charge in [-0.25, -0.2) is 26.4 Å². The van der Waals surface area contributed by atoms with Gasteiger partial charge in [0.05, 0.1) is 34.7 Å². The third kappa shape index (κ3) is 57.2. The Morgan fingerprint density at radius 2 is 0.980 bits per heavy atom. The number of likely N-dealkylation sites (N-methyl/N-ethyl adjacent to an activating group) is 4. The van der Waals surface area contributed by atoms with Crippen molar-refractivity contribution in [2.75, 3.05) is 106 Å². The zero-order chi connectivity index (χ0) is 71.3. The van der Waals surface area contributed by atoms with Gasteiger partial charge in [0.2, 0.25) is 5.91 Å². The zero-order valence-electron chi connectivity index (χ0n) is 59.1. The molecule has 0 aromatic heterocycles. The second-order valence-electron chi connectivity index (χ2n) is 19.6.